The first kappa shape index (κ1) is 12.8. The van der Waals surface area contributed by atoms with E-state index in [1.807, 2.05) is 13.0 Å². The maximum absolute atomic E-state index is 12.4. The summed E-state index contributed by atoms with van der Waals surface area (Å²) in [4.78, 5) is 25.9. The number of nitrogens with zero attached hydrogens (tertiary/aromatic N) is 2. The Bertz CT molecular complexity index is 610. The lowest BCUT2D eigenvalue weighted by Crippen LogP contribution is -2.43. The first-order valence-electron chi connectivity index (χ1n) is 6.82. The van der Waals surface area contributed by atoms with Gasteiger partial charge in [-0.1, -0.05) is 0 Å². The van der Waals surface area contributed by atoms with E-state index in [1.54, 1.807) is 6.92 Å². The second-order valence-corrected chi connectivity index (χ2v) is 5.46. The van der Waals surface area contributed by atoms with E-state index in [9.17, 15) is 14.8 Å². The fourth-order valence-corrected chi connectivity index (χ4v) is 3.07. The fraction of sp³-hybridized carbons (Fsp3) is 0.400. The average Bonchev–Trinajstić information content (AvgIpc) is 2.64. The van der Waals surface area contributed by atoms with Crippen LogP contribution >= 0.6 is 0 Å². The third kappa shape index (κ3) is 1.73. The number of anilines is 1. The molecule has 1 aliphatic heterocycles. The van der Waals surface area contributed by atoms with Crippen LogP contribution in [0.2, 0.25) is 0 Å². The molecular weight excluding hydrogens is 256 g/mol. The highest BCUT2D eigenvalue weighted by atomic mass is 16.5. The highest BCUT2D eigenvalue weighted by molar-refractivity contribution is 6.32. The van der Waals surface area contributed by atoms with Crippen LogP contribution in [-0.2, 0) is 9.59 Å². The van der Waals surface area contributed by atoms with Gasteiger partial charge in [0, 0.05) is 5.56 Å². The molecule has 0 saturated heterocycles. The number of rotatable bonds is 1. The molecule has 3 rings (SSSR count). The van der Waals surface area contributed by atoms with Crippen molar-refractivity contribution in [2.75, 3.05) is 4.90 Å². The van der Waals surface area contributed by atoms with Gasteiger partial charge < -0.3 is 5.21 Å². The van der Waals surface area contributed by atoms with E-state index in [0.29, 0.717) is 34.3 Å². The molecule has 20 heavy (non-hydrogen) atoms. The van der Waals surface area contributed by atoms with Gasteiger partial charge in [0.05, 0.1) is 17.3 Å². The van der Waals surface area contributed by atoms with Crippen molar-refractivity contribution >= 4 is 17.6 Å². The Morgan fingerprint density at radius 1 is 1.10 bits per heavy atom. The third-order valence-electron chi connectivity index (χ3n) is 3.93. The van der Waals surface area contributed by atoms with Crippen LogP contribution in [0.1, 0.15) is 36.8 Å². The number of hydrogen-bond acceptors (Lipinski definition) is 3. The Labute approximate surface area is 117 Å². The number of carbonyl (C=O) groups is 2. The van der Waals surface area contributed by atoms with E-state index in [2.05, 4.69) is 0 Å². The quantitative estimate of drug-likeness (QED) is 0.444. The molecule has 0 unspecified atom stereocenters. The molecule has 0 spiro atoms. The van der Waals surface area contributed by atoms with Crippen LogP contribution in [0, 0.1) is 19.1 Å². The number of pyridine rings is 1. The zero-order valence-corrected chi connectivity index (χ0v) is 11.6. The average molecular weight is 272 g/mol. The molecule has 0 radical (unpaired) electrons. The largest absolute Gasteiger partial charge is 0.711 e. The van der Waals surface area contributed by atoms with Gasteiger partial charge in [-0.3, -0.25) is 0 Å². The molecule has 0 atom stereocenters. The minimum atomic E-state index is -0.318. The van der Waals surface area contributed by atoms with E-state index in [-0.39, 0.29) is 17.6 Å². The molecule has 0 fully saturated rings. The van der Waals surface area contributed by atoms with E-state index in [0.717, 1.165) is 23.3 Å². The Hall–Kier alpha value is -2.17. The predicted octanol–water partition coefficient (Wildman–Crippen LogP) is 1.68. The highest BCUT2D eigenvalue weighted by Crippen LogP contribution is 2.35. The van der Waals surface area contributed by atoms with Crippen molar-refractivity contribution in [3.05, 3.63) is 39.7 Å². The lowest BCUT2D eigenvalue weighted by atomic mass is 9.93. The maximum Gasteiger partial charge on any atom is 0.345 e. The Kier molecular flexibility index (Phi) is 2.85. The fourth-order valence-electron chi connectivity index (χ4n) is 3.07. The van der Waals surface area contributed by atoms with Crippen molar-refractivity contribution < 1.29 is 14.3 Å². The molecule has 1 aromatic rings. The third-order valence-corrected chi connectivity index (χ3v) is 3.93. The molecule has 0 bridgehead atoms. The van der Waals surface area contributed by atoms with Crippen molar-refractivity contribution in [3.8, 4) is 0 Å². The lowest BCUT2D eigenvalue weighted by Gasteiger charge is -2.16. The van der Waals surface area contributed by atoms with Gasteiger partial charge in [0.1, 0.15) is 0 Å². The molecule has 104 valence electrons. The minimum Gasteiger partial charge on any atom is -0.711 e. The van der Waals surface area contributed by atoms with Gasteiger partial charge in [-0.2, -0.15) is 0 Å². The summed E-state index contributed by atoms with van der Waals surface area (Å²) in [5, 5.41) is 12.1. The second-order valence-electron chi connectivity index (χ2n) is 5.46. The SMILES string of the molecule is Cc1cc(C)c(N2C(=O)C3=C(CCCC3)C2=O)[n+]([O-])c1. The van der Waals surface area contributed by atoms with E-state index in [1.165, 1.54) is 6.20 Å². The molecule has 5 heteroatoms. The van der Waals surface area contributed by atoms with Gasteiger partial charge in [0.25, 0.3) is 5.82 Å². The summed E-state index contributed by atoms with van der Waals surface area (Å²) in [6.07, 6.45) is 4.52. The Balaban J connectivity index is 2.10. The molecule has 5 nitrogen and oxygen atoms in total. The first-order chi connectivity index (χ1) is 9.50. The number of imide groups is 1. The van der Waals surface area contributed by atoms with Crippen molar-refractivity contribution in [1.82, 2.24) is 0 Å². The van der Waals surface area contributed by atoms with Crippen LogP contribution in [-0.4, -0.2) is 11.8 Å². The summed E-state index contributed by atoms with van der Waals surface area (Å²) in [5.74, 6) is -0.498. The van der Waals surface area contributed by atoms with Crippen LogP contribution in [0.15, 0.2) is 23.4 Å². The van der Waals surface area contributed by atoms with Gasteiger partial charge in [-0.05, 0) is 51.2 Å². The van der Waals surface area contributed by atoms with Crippen molar-refractivity contribution in [1.29, 1.82) is 0 Å². The minimum absolute atomic E-state index is 0.139. The molecule has 0 aromatic carbocycles. The van der Waals surface area contributed by atoms with Crippen LogP contribution in [0.4, 0.5) is 5.82 Å². The van der Waals surface area contributed by atoms with Gasteiger partial charge >= 0.3 is 11.8 Å². The van der Waals surface area contributed by atoms with Crippen LogP contribution in [0.25, 0.3) is 0 Å². The molecule has 2 heterocycles. The van der Waals surface area contributed by atoms with Crippen LogP contribution < -0.4 is 9.63 Å². The standard InChI is InChI=1S/C15H16N2O3/c1-9-7-10(2)13(16(20)8-9)17-14(18)11-5-3-4-6-12(11)15(17)19/h7-8H,3-6H2,1-2H3. The monoisotopic (exact) mass is 272 g/mol. The van der Waals surface area contributed by atoms with Gasteiger partial charge in [0.2, 0.25) is 0 Å². The summed E-state index contributed by atoms with van der Waals surface area (Å²) < 4.78 is 0.624. The molecule has 0 saturated carbocycles. The van der Waals surface area contributed by atoms with Crippen LogP contribution in [0.5, 0.6) is 0 Å². The smallest absolute Gasteiger partial charge is 0.345 e. The van der Waals surface area contributed by atoms with Gasteiger partial charge in [0.15, 0.2) is 0 Å². The molecule has 1 aliphatic carbocycles. The molecular formula is C15H16N2O3. The van der Waals surface area contributed by atoms with Crippen molar-refractivity contribution in [2.24, 2.45) is 0 Å². The summed E-state index contributed by atoms with van der Waals surface area (Å²) in [6.45, 7) is 3.55. The zero-order chi connectivity index (χ0) is 14.4. The highest BCUT2D eigenvalue weighted by Gasteiger charge is 2.47. The predicted molar refractivity (Wildman–Crippen MR) is 72.9 cm³/mol. The van der Waals surface area contributed by atoms with Gasteiger partial charge in [-0.25, -0.2) is 14.3 Å². The number of amides is 2. The number of aryl methyl sites for hydroxylation is 2. The molecule has 1 aromatic heterocycles. The summed E-state index contributed by atoms with van der Waals surface area (Å²) >= 11 is 0. The maximum atomic E-state index is 12.4. The van der Waals surface area contributed by atoms with E-state index >= 15 is 0 Å². The van der Waals surface area contributed by atoms with Gasteiger partial charge in [-0.15, -0.1) is 4.90 Å². The Morgan fingerprint density at radius 3 is 2.15 bits per heavy atom. The topological polar surface area (TPSA) is 64.3 Å². The molecule has 2 aliphatic rings. The first-order valence-corrected chi connectivity index (χ1v) is 6.82. The van der Waals surface area contributed by atoms with E-state index < -0.39 is 0 Å². The summed E-state index contributed by atoms with van der Waals surface area (Å²) in [6, 6.07) is 1.81. The number of carbonyl (C=O) groups excluding carboxylic acids is 2. The van der Waals surface area contributed by atoms with E-state index in [4.69, 9.17) is 0 Å². The Morgan fingerprint density at radius 2 is 1.65 bits per heavy atom. The zero-order valence-electron chi connectivity index (χ0n) is 11.6. The number of aromatic nitrogens is 1. The molecule has 2 amide bonds. The normalized spacial score (nSPS) is 18.8. The summed E-state index contributed by atoms with van der Waals surface area (Å²) in [5.41, 5.74) is 2.64. The molecule has 0 N–H and O–H groups in total. The van der Waals surface area contributed by atoms with Crippen molar-refractivity contribution in [2.45, 2.75) is 39.5 Å². The number of hydrogen-bond donors (Lipinski definition) is 0. The second kappa shape index (κ2) is 4.44. The summed E-state index contributed by atoms with van der Waals surface area (Å²) in [7, 11) is 0. The lowest BCUT2D eigenvalue weighted by molar-refractivity contribution is -0.592. The van der Waals surface area contributed by atoms with Crippen LogP contribution in [0.3, 0.4) is 0 Å². The van der Waals surface area contributed by atoms with Crippen molar-refractivity contribution in [3.63, 3.8) is 0 Å².